The Hall–Kier alpha value is -3.04. The van der Waals surface area contributed by atoms with Crippen molar-refractivity contribution in [3.63, 3.8) is 0 Å². The maximum absolute atomic E-state index is 12.4. The van der Waals surface area contributed by atoms with E-state index >= 15 is 0 Å². The van der Waals surface area contributed by atoms with Crippen LogP contribution in [0.1, 0.15) is 15.9 Å². The van der Waals surface area contributed by atoms with Crippen LogP contribution in [0.3, 0.4) is 0 Å². The molecule has 3 aromatic rings. The van der Waals surface area contributed by atoms with Gasteiger partial charge in [0, 0.05) is 11.6 Å². The number of nitrogens with zero attached hydrogens (tertiary/aromatic N) is 1. The number of carbonyl (C=O) groups excluding carboxylic acids is 1. The average Bonchev–Trinajstić information content (AvgIpc) is 2.77. The number of hydrogen-bond acceptors (Lipinski definition) is 6. The molecule has 0 aromatic heterocycles. The minimum atomic E-state index is -0.388. The van der Waals surface area contributed by atoms with Crippen LogP contribution < -0.4 is 19.6 Å². The summed E-state index contributed by atoms with van der Waals surface area (Å²) in [7, 11) is 0. The van der Waals surface area contributed by atoms with Gasteiger partial charge in [-0.25, -0.2) is 5.43 Å². The number of ether oxygens (including phenoxy) is 3. The van der Waals surface area contributed by atoms with Crippen LogP contribution in [-0.4, -0.2) is 30.4 Å². The van der Waals surface area contributed by atoms with Crippen molar-refractivity contribution in [2.75, 3.05) is 13.2 Å². The number of phenols is 1. The van der Waals surface area contributed by atoms with Gasteiger partial charge in [-0.1, -0.05) is 6.07 Å². The third-order valence-electron chi connectivity index (χ3n) is 4.26. The Morgan fingerprint density at radius 2 is 1.71 bits per heavy atom. The van der Waals surface area contributed by atoms with Crippen LogP contribution in [0.5, 0.6) is 28.7 Å². The number of phenolic OH excluding ortho intramolecular Hbond substituents is 1. The van der Waals surface area contributed by atoms with Gasteiger partial charge in [-0.15, -0.1) is 0 Å². The Labute approximate surface area is 194 Å². The number of aromatic hydroxyl groups is 1. The third kappa shape index (κ3) is 5.18. The fourth-order valence-electron chi connectivity index (χ4n) is 2.81. The second-order valence-electron chi connectivity index (χ2n) is 6.47. The van der Waals surface area contributed by atoms with Gasteiger partial charge in [-0.2, -0.15) is 5.10 Å². The van der Waals surface area contributed by atoms with E-state index in [4.69, 9.17) is 14.2 Å². The van der Waals surface area contributed by atoms with Crippen LogP contribution in [0.2, 0.25) is 0 Å². The summed E-state index contributed by atoms with van der Waals surface area (Å²) in [6.07, 6.45) is 1.47. The van der Waals surface area contributed by atoms with Crippen molar-refractivity contribution >= 4 is 44.0 Å². The number of halogens is 2. The first-order valence-corrected chi connectivity index (χ1v) is 10.8. The summed E-state index contributed by atoms with van der Waals surface area (Å²) < 4.78 is 17.9. The summed E-state index contributed by atoms with van der Waals surface area (Å²) in [6.45, 7) is 1.01. The smallest absolute Gasteiger partial charge is 0.271 e. The van der Waals surface area contributed by atoms with Crippen molar-refractivity contribution < 1.29 is 24.1 Å². The number of amides is 1. The zero-order valence-corrected chi connectivity index (χ0v) is 19.1. The van der Waals surface area contributed by atoms with Gasteiger partial charge in [0.15, 0.2) is 11.5 Å². The SMILES string of the molecule is O=C(NN=Cc1cc(Br)c(O)c(Br)c1)c1cccc(Oc2ccc3c(c2)OCCO3)c1. The molecule has 0 saturated heterocycles. The molecule has 9 heteroatoms. The van der Waals surface area contributed by atoms with Crippen LogP contribution >= 0.6 is 31.9 Å². The number of hydrogen-bond donors (Lipinski definition) is 2. The lowest BCUT2D eigenvalue weighted by atomic mass is 10.2. The van der Waals surface area contributed by atoms with E-state index in [1.807, 2.05) is 0 Å². The highest BCUT2D eigenvalue weighted by Crippen LogP contribution is 2.35. The van der Waals surface area contributed by atoms with Crippen molar-refractivity contribution in [2.45, 2.75) is 0 Å². The van der Waals surface area contributed by atoms with Gasteiger partial charge < -0.3 is 19.3 Å². The first-order chi connectivity index (χ1) is 15.0. The van der Waals surface area contributed by atoms with Gasteiger partial charge in [-0.05, 0) is 79.9 Å². The van der Waals surface area contributed by atoms with Gasteiger partial charge in [-0.3, -0.25) is 4.79 Å². The highest BCUT2D eigenvalue weighted by Gasteiger charge is 2.13. The Morgan fingerprint density at radius 3 is 2.48 bits per heavy atom. The molecule has 4 rings (SSSR count). The highest BCUT2D eigenvalue weighted by molar-refractivity contribution is 9.11. The molecule has 0 unspecified atom stereocenters. The molecule has 31 heavy (non-hydrogen) atoms. The molecule has 0 atom stereocenters. The second-order valence-corrected chi connectivity index (χ2v) is 8.18. The molecule has 0 radical (unpaired) electrons. The first-order valence-electron chi connectivity index (χ1n) is 9.18. The molecule has 1 heterocycles. The molecule has 1 amide bonds. The second kappa shape index (κ2) is 9.40. The summed E-state index contributed by atoms with van der Waals surface area (Å²) >= 11 is 6.50. The lowest BCUT2D eigenvalue weighted by molar-refractivity contribution is 0.0955. The normalized spacial score (nSPS) is 12.6. The molecule has 2 N–H and O–H groups in total. The van der Waals surface area contributed by atoms with E-state index in [2.05, 4.69) is 42.4 Å². The summed E-state index contributed by atoms with van der Waals surface area (Å²) in [4.78, 5) is 12.4. The lowest BCUT2D eigenvalue weighted by Crippen LogP contribution is -2.17. The third-order valence-corrected chi connectivity index (χ3v) is 5.47. The molecular weight excluding hydrogens is 532 g/mol. The number of benzene rings is 3. The molecule has 0 bridgehead atoms. The number of rotatable bonds is 5. The average molecular weight is 548 g/mol. The molecule has 0 spiro atoms. The molecular formula is C22H16Br2N2O5. The van der Waals surface area contributed by atoms with Crippen molar-refractivity contribution in [1.29, 1.82) is 0 Å². The van der Waals surface area contributed by atoms with E-state index in [1.54, 1.807) is 54.6 Å². The predicted molar refractivity (Wildman–Crippen MR) is 123 cm³/mol. The van der Waals surface area contributed by atoms with Crippen LogP contribution in [0.4, 0.5) is 0 Å². The minimum Gasteiger partial charge on any atom is -0.506 e. The van der Waals surface area contributed by atoms with Crippen molar-refractivity contribution in [3.8, 4) is 28.7 Å². The molecule has 3 aromatic carbocycles. The number of nitrogens with one attached hydrogen (secondary N) is 1. The Balaban J connectivity index is 1.42. The van der Waals surface area contributed by atoms with E-state index in [0.29, 0.717) is 56.3 Å². The number of carbonyl (C=O) groups is 1. The molecule has 1 aliphatic rings. The van der Waals surface area contributed by atoms with E-state index in [9.17, 15) is 9.90 Å². The Morgan fingerprint density at radius 1 is 1.00 bits per heavy atom. The molecule has 0 saturated carbocycles. The molecule has 0 fully saturated rings. The standard InChI is InChI=1S/C22H16Br2N2O5/c23-17-8-13(9-18(24)21(17)27)12-25-26-22(28)14-2-1-3-15(10-14)31-16-4-5-19-20(11-16)30-7-6-29-19/h1-5,8-12,27H,6-7H2,(H,26,28). The molecule has 7 nitrogen and oxygen atoms in total. The van der Waals surface area contributed by atoms with E-state index in [0.717, 1.165) is 0 Å². The molecule has 1 aliphatic heterocycles. The summed E-state index contributed by atoms with van der Waals surface area (Å²) in [5.74, 6) is 2.08. The largest absolute Gasteiger partial charge is 0.506 e. The fourth-order valence-corrected chi connectivity index (χ4v) is 4.04. The topological polar surface area (TPSA) is 89.4 Å². The Kier molecular flexibility index (Phi) is 6.43. The maximum atomic E-state index is 12.4. The summed E-state index contributed by atoms with van der Waals surface area (Å²) in [5.41, 5.74) is 3.55. The van der Waals surface area contributed by atoms with Gasteiger partial charge in [0.2, 0.25) is 0 Å². The lowest BCUT2D eigenvalue weighted by Gasteiger charge is -2.18. The van der Waals surface area contributed by atoms with Gasteiger partial charge >= 0.3 is 0 Å². The monoisotopic (exact) mass is 546 g/mol. The summed E-state index contributed by atoms with van der Waals surface area (Å²) in [5, 5.41) is 13.7. The van der Waals surface area contributed by atoms with Crippen LogP contribution in [0.15, 0.2) is 68.6 Å². The van der Waals surface area contributed by atoms with E-state index in [-0.39, 0.29) is 11.7 Å². The molecule has 0 aliphatic carbocycles. The minimum absolute atomic E-state index is 0.0935. The first kappa shape index (κ1) is 21.2. The summed E-state index contributed by atoms with van der Waals surface area (Å²) in [6, 6.07) is 15.4. The fraction of sp³-hybridized carbons (Fsp3) is 0.0909. The van der Waals surface area contributed by atoms with Crippen LogP contribution in [0.25, 0.3) is 0 Å². The maximum Gasteiger partial charge on any atom is 0.271 e. The van der Waals surface area contributed by atoms with Gasteiger partial charge in [0.25, 0.3) is 5.91 Å². The quantitative estimate of drug-likeness (QED) is 0.336. The number of fused-ring (bicyclic) bond motifs is 1. The van der Waals surface area contributed by atoms with Gasteiger partial charge in [0.1, 0.15) is 30.5 Å². The van der Waals surface area contributed by atoms with Crippen molar-refractivity contribution in [1.82, 2.24) is 5.43 Å². The van der Waals surface area contributed by atoms with Crippen LogP contribution in [0, 0.1) is 0 Å². The van der Waals surface area contributed by atoms with Gasteiger partial charge in [0.05, 0.1) is 15.2 Å². The van der Waals surface area contributed by atoms with E-state index in [1.165, 1.54) is 6.21 Å². The van der Waals surface area contributed by atoms with E-state index < -0.39 is 0 Å². The van der Waals surface area contributed by atoms with Crippen molar-refractivity contribution in [2.24, 2.45) is 5.10 Å². The zero-order chi connectivity index (χ0) is 21.8. The predicted octanol–water partition coefficient (Wildman–Crippen LogP) is 5.24. The number of hydrazone groups is 1. The zero-order valence-electron chi connectivity index (χ0n) is 16.0. The molecule has 158 valence electrons. The van der Waals surface area contributed by atoms with Crippen molar-refractivity contribution in [3.05, 3.63) is 74.7 Å². The highest BCUT2D eigenvalue weighted by atomic mass is 79.9. The Bertz CT molecular complexity index is 1140. The van der Waals surface area contributed by atoms with Crippen LogP contribution in [-0.2, 0) is 0 Å².